The van der Waals surface area contributed by atoms with Crippen LogP contribution in [0.4, 0.5) is 0 Å². The number of H-pyrrole nitrogens is 1. The van der Waals surface area contributed by atoms with Gasteiger partial charge in [0, 0.05) is 32.2 Å². The second kappa shape index (κ2) is 9.81. The Hall–Kier alpha value is -3.74. The third kappa shape index (κ3) is 5.03. The minimum Gasteiger partial charge on any atom is -0.341 e. The van der Waals surface area contributed by atoms with Gasteiger partial charge in [-0.1, -0.05) is 48.5 Å². The summed E-state index contributed by atoms with van der Waals surface area (Å²) in [5.74, 6) is -0.578. The minimum absolute atomic E-state index is 0.0588. The number of hydrogen-bond donors (Lipinski definition) is 1. The lowest BCUT2D eigenvalue weighted by Crippen LogP contribution is -2.38. The third-order valence-corrected chi connectivity index (χ3v) is 6.17. The number of rotatable bonds is 5. The van der Waals surface area contributed by atoms with Crippen LogP contribution < -0.4 is 5.56 Å². The summed E-state index contributed by atoms with van der Waals surface area (Å²) in [7, 11) is 0. The highest BCUT2D eigenvalue weighted by molar-refractivity contribution is 5.93. The van der Waals surface area contributed by atoms with Gasteiger partial charge in [-0.2, -0.15) is 5.10 Å². The van der Waals surface area contributed by atoms with Gasteiger partial charge in [-0.25, -0.2) is 5.10 Å². The molecule has 2 heterocycles. The van der Waals surface area contributed by atoms with Crippen molar-refractivity contribution in [2.24, 2.45) is 5.92 Å². The lowest BCUT2D eigenvalue weighted by Gasteiger charge is -2.23. The number of carbonyl (C=O) groups is 2. The minimum atomic E-state index is -0.360. The number of aromatic amines is 1. The topological polar surface area (TPSA) is 86.4 Å². The van der Waals surface area contributed by atoms with Crippen molar-refractivity contribution in [3.63, 3.8) is 0 Å². The van der Waals surface area contributed by atoms with Gasteiger partial charge < -0.3 is 9.80 Å². The molecule has 0 saturated carbocycles. The Morgan fingerprint density at radius 3 is 2.61 bits per heavy atom. The van der Waals surface area contributed by atoms with Crippen LogP contribution in [0.1, 0.15) is 28.5 Å². The molecule has 0 spiro atoms. The summed E-state index contributed by atoms with van der Waals surface area (Å²) in [6, 6.07) is 19.2. The first-order valence-electron chi connectivity index (χ1n) is 11.2. The molecule has 0 aliphatic carbocycles. The smallest absolute Gasteiger partial charge is 0.274 e. The van der Waals surface area contributed by atoms with Gasteiger partial charge in [0.1, 0.15) is 5.69 Å². The van der Waals surface area contributed by atoms with Crippen LogP contribution in [0.15, 0.2) is 65.5 Å². The van der Waals surface area contributed by atoms with Crippen LogP contribution in [0.2, 0.25) is 0 Å². The van der Waals surface area contributed by atoms with Crippen molar-refractivity contribution in [2.75, 3.05) is 26.2 Å². The molecule has 7 heteroatoms. The van der Waals surface area contributed by atoms with E-state index in [1.807, 2.05) is 36.1 Å². The number of aryl methyl sites for hydroxylation is 1. The maximum absolute atomic E-state index is 13.3. The summed E-state index contributed by atoms with van der Waals surface area (Å²) in [5.41, 5.74) is 4.35. The highest BCUT2D eigenvalue weighted by atomic mass is 16.2. The van der Waals surface area contributed by atoms with Crippen molar-refractivity contribution in [3.05, 3.63) is 87.8 Å². The van der Waals surface area contributed by atoms with Crippen molar-refractivity contribution in [3.8, 4) is 11.1 Å². The molecule has 1 saturated heterocycles. The molecule has 2 amide bonds. The first kappa shape index (κ1) is 22.5. The van der Waals surface area contributed by atoms with Crippen molar-refractivity contribution >= 4 is 11.8 Å². The standard InChI is InChI=1S/C26H28N4O3/c1-3-29-13-14-30(26(33)23-11-12-24(31)28-27-23)17-21(25(29)32)16-19-8-6-9-20(15-19)22-10-5-4-7-18(22)2/h4-12,15,21H,3,13-14,16-17H2,1-2H3,(H,28,31)/t21-/m1/s1. The molecule has 1 fully saturated rings. The lowest BCUT2D eigenvalue weighted by molar-refractivity contribution is -0.134. The molecule has 4 rings (SSSR count). The molecule has 0 bridgehead atoms. The van der Waals surface area contributed by atoms with E-state index in [0.29, 0.717) is 32.6 Å². The summed E-state index contributed by atoms with van der Waals surface area (Å²) >= 11 is 0. The molecule has 1 N–H and O–H groups in total. The van der Waals surface area contributed by atoms with Crippen molar-refractivity contribution in [2.45, 2.75) is 20.3 Å². The monoisotopic (exact) mass is 444 g/mol. The van der Waals surface area contributed by atoms with E-state index < -0.39 is 0 Å². The Labute approximate surface area is 193 Å². The molecule has 1 aromatic heterocycles. The van der Waals surface area contributed by atoms with Gasteiger partial charge in [-0.05, 0) is 48.6 Å². The highest BCUT2D eigenvalue weighted by Crippen LogP contribution is 2.26. The van der Waals surface area contributed by atoms with E-state index in [1.54, 1.807) is 4.90 Å². The average molecular weight is 445 g/mol. The van der Waals surface area contributed by atoms with Gasteiger partial charge >= 0.3 is 0 Å². The third-order valence-electron chi connectivity index (χ3n) is 6.17. The van der Waals surface area contributed by atoms with E-state index in [-0.39, 0.29) is 29.0 Å². The summed E-state index contributed by atoms with van der Waals surface area (Å²) in [4.78, 5) is 41.1. The van der Waals surface area contributed by atoms with Gasteiger partial charge in [0.2, 0.25) is 5.91 Å². The van der Waals surface area contributed by atoms with Crippen molar-refractivity contribution in [1.29, 1.82) is 0 Å². The Kier molecular flexibility index (Phi) is 6.68. The van der Waals surface area contributed by atoms with Gasteiger partial charge in [0.05, 0.1) is 5.92 Å². The molecule has 2 aromatic carbocycles. The fourth-order valence-corrected chi connectivity index (χ4v) is 4.37. The Balaban J connectivity index is 1.59. The zero-order valence-corrected chi connectivity index (χ0v) is 19.0. The first-order chi connectivity index (χ1) is 16.0. The molecule has 0 unspecified atom stereocenters. The van der Waals surface area contributed by atoms with E-state index in [2.05, 4.69) is 41.4 Å². The van der Waals surface area contributed by atoms with Crippen LogP contribution >= 0.6 is 0 Å². The Morgan fingerprint density at radius 2 is 1.88 bits per heavy atom. The highest BCUT2D eigenvalue weighted by Gasteiger charge is 2.32. The number of carbonyl (C=O) groups excluding carboxylic acids is 2. The maximum Gasteiger partial charge on any atom is 0.274 e. The Bertz CT molecular complexity index is 1200. The van der Waals surface area contributed by atoms with Crippen LogP contribution in [0, 0.1) is 12.8 Å². The molecule has 1 atom stereocenters. The van der Waals surface area contributed by atoms with Gasteiger partial charge in [-0.15, -0.1) is 0 Å². The van der Waals surface area contributed by atoms with Crippen LogP contribution in [0.5, 0.6) is 0 Å². The van der Waals surface area contributed by atoms with Crippen LogP contribution in [-0.4, -0.2) is 58.0 Å². The van der Waals surface area contributed by atoms with Gasteiger partial charge in [0.25, 0.3) is 11.5 Å². The summed E-state index contributed by atoms with van der Waals surface area (Å²) in [6.07, 6.45) is 0.540. The fourth-order valence-electron chi connectivity index (χ4n) is 4.37. The van der Waals surface area contributed by atoms with E-state index in [0.717, 1.165) is 11.1 Å². The summed E-state index contributed by atoms with van der Waals surface area (Å²) in [6.45, 7) is 5.85. The van der Waals surface area contributed by atoms with E-state index >= 15 is 0 Å². The fraction of sp³-hybridized carbons (Fsp3) is 0.308. The molecular formula is C26H28N4O3. The summed E-state index contributed by atoms with van der Waals surface area (Å²) < 4.78 is 0. The molecular weight excluding hydrogens is 416 g/mol. The van der Waals surface area contributed by atoms with E-state index in [4.69, 9.17) is 0 Å². The summed E-state index contributed by atoms with van der Waals surface area (Å²) in [5, 5.41) is 6.19. The molecule has 3 aromatic rings. The molecule has 0 radical (unpaired) electrons. The predicted molar refractivity (Wildman–Crippen MR) is 127 cm³/mol. The average Bonchev–Trinajstić information content (AvgIpc) is 2.98. The van der Waals surface area contributed by atoms with Gasteiger partial charge in [0.15, 0.2) is 0 Å². The molecule has 7 nitrogen and oxygen atoms in total. The number of nitrogens with one attached hydrogen (secondary N) is 1. The zero-order chi connectivity index (χ0) is 23.4. The second-order valence-corrected chi connectivity index (χ2v) is 8.39. The van der Waals surface area contributed by atoms with Crippen LogP contribution in [-0.2, 0) is 11.2 Å². The normalized spacial score (nSPS) is 16.5. The number of amides is 2. The van der Waals surface area contributed by atoms with Crippen molar-refractivity contribution in [1.82, 2.24) is 20.0 Å². The Morgan fingerprint density at radius 1 is 1.06 bits per heavy atom. The SMILES string of the molecule is CCN1CCN(C(=O)c2ccc(=O)[nH]n2)C[C@@H](Cc2cccc(-c3ccccc3C)c2)C1=O. The number of hydrogen-bond acceptors (Lipinski definition) is 4. The van der Waals surface area contributed by atoms with Gasteiger partial charge in [-0.3, -0.25) is 14.4 Å². The molecule has 170 valence electrons. The van der Waals surface area contributed by atoms with Crippen LogP contribution in [0.25, 0.3) is 11.1 Å². The van der Waals surface area contributed by atoms with Crippen molar-refractivity contribution < 1.29 is 9.59 Å². The largest absolute Gasteiger partial charge is 0.341 e. The number of benzene rings is 2. The molecule has 1 aliphatic heterocycles. The first-order valence-corrected chi connectivity index (χ1v) is 11.2. The van der Waals surface area contributed by atoms with Crippen LogP contribution in [0.3, 0.4) is 0 Å². The zero-order valence-electron chi connectivity index (χ0n) is 19.0. The predicted octanol–water partition coefficient (Wildman–Crippen LogP) is 2.91. The van der Waals surface area contributed by atoms with E-state index in [1.165, 1.54) is 23.3 Å². The second-order valence-electron chi connectivity index (χ2n) is 8.39. The lowest BCUT2D eigenvalue weighted by atomic mass is 9.93. The number of likely N-dealkylation sites (N-methyl/N-ethyl adjacent to an activating group) is 1. The number of aromatic nitrogens is 2. The quantitative estimate of drug-likeness (QED) is 0.656. The molecule has 33 heavy (non-hydrogen) atoms. The number of nitrogens with zero attached hydrogens (tertiary/aromatic N) is 3. The maximum atomic E-state index is 13.3. The van der Waals surface area contributed by atoms with E-state index in [9.17, 15) is 14.4 Å². The molecule has 1 aliphatic rings.